The SMILES string of the molecule is Cc1ccc(F)cc1NCc1ccccc1C(F)(F)F. The summed E-state index contributed by atoms with van der Waals surface area (Å²) in [5.41, 5.74) is 0.711. The van der Waals surface area contributed by atoms with Crippen molar-refractivity contribution in [3.63, 3.8) is 0 Å². The van der Waals surface area contributed by atoms with Crippen LogP contribution in [-0.2, 0) is 12.7 Å². The summed E-state index contributed by atoms with van der Waals surface area (Å²) >= 11 is 0. The Hall–Kier alpha value is -2.04. The molecule has 106 valence electrons. The number of aryl methyl sites for hydroxylation is 1. The minimum atomic E-state index is -4.39. The van der Waals surface area contributed by atoms with E-state index in [2.05, 4.69) is 5.32 Å². The normalized spacial score (nSPS) is 11.4. The average molecular weight is 283 g/mol. The lowest BCUT2D eigenvalue weighted by molar-refractivity contribution is -0.138. The third-order valence-electron chi connectivity index (χ3n) is 2.99. The van der Waals surface area contributed by atoms with Gasteiger partial charge in [-0.2, -0.15) is 13.2 Å². The van der Waals surface area contributed by atoms with Crippen LogP contribution in [0.3, 0.4) is 0 Å². The van der Waals surface area contributed by atoms with Gasteiger partial charge in [-0.15, -0.1) is 0 Å². The van der Waals surface area contributed by atoms with Crippen LogP contribution >= 0.6 is 0 Å². The van der Waals surface area contributed by atoms with Gasteiger partial charge in [0.1, 0.15) is 5.82 Å². The van der Waals surface area contributed by atoms with Crippen molar-refractivity contribution in [3.05, 3.63) is 65.0 Å². The Morgan fingerprint density at radius 2 is 1.75 bits per heavy atom. The van der Waals surface area contributed by atoms with Gasteiger partial charge in [-0.25, -0.2) is 4.39 Å². The second kappa shape index (κ2) is 5.53. The molecule has 0 saturated carbocycles. The van der Waals surface area contributed by atoms with Crippen molar-refractivity contribution in [2.75, 3.05) is 5.32 Å². The van der Waals surface area contributed by atoms with E-state index >= 15 is 0 Å². The summed E-state index contributed by atoms with van der Waals surface area (Å²) in [4.78, 5) is 0. The molecule has 0 heterocycles. The van der Waals surface area contributed by atoms with Gasteiger partial charge in [-0.3, -0.25) is 0 Å². The van der Waals surface area contributed by atoms with Crippen molar-refractivity contribution in [1.29, 1.82) is 0 Å². The highest BCUT2D eigenvalue weighted by Gasteiger charge is 2.32. The summed E-state index contributed by atoms with van der Waals surface area (Å²) < 4.78 is 51.6. The van der Waals surface area contributed by atoms with Gasteiger partial charge in [0, 0.05) is 12.2 Å². The van der Waals surface area contributed by atoms with Gasteiger partial charge in [-0.05, 0) is 36.2 Å². The summed E-state index contributed by atoms with van der Waals surface area (Å²) in [5.74, 6) is -0.429. The van der Waals surface area contributed by atoms with Crippen molar-refractivity contribution in [1.82, 2.24) is 0 Å². The lowest BCUT2D eigenvalue weighted by Crippen LogP contribution is -2.12. The fourth-order valence-electron chi connectivity index (χ4n) is 1.93. The summed E-state index contributed by atoms with van der Waals surface area (Å²) in [6.07, 6.45) is -4.39. The van der Waals surface area contributed by atoms with E-state index in [1.807, 2.05) is 0 Å². The predicted octanol–water partition coefficient (Wildman–Crippen LogP) is 4.77. The molecule has 0 radical (unpaired) electrons. The molecule has 1 nitrogen and oxygen atoms in total. The molecule has 2 aromatic rings. The van der Waals surface area contributed by atoms with Gasteiger partial charge < -0.3 is 5.32 Å². The van der Waals surface area contributed by atoms with Crippen molar-refractivity contribution >= 4 is 5.69 Å². The third kappa shape index (κ3) is 3.29. The van der Waals surface area contributed by atoms with Gasteiger partial charge in [0.15, 0.2) is 0 Å². The lowest BCUT2D eigenvalue weighted by atomic mass is 10.1. The summed E-state index contributed by atoms with van der Waals surface area (Å²) in [6, 6.07) is 9.49. The molecule has 0 aromatic heterocycles. The molecule has 0 bridgehead atoms. The second-order valence-electron chi connectivity index (χ2n) is 4.47. The molecule has 2 rings (SSSR count). The van der Waals surface area contributed by atoms with Crippen LogP contribution in [-0.4, -0.2) is 0 Å². The molecule has 0 amide bonds. The third-order valence-corrected chi connectivity index (χ3v) is 2.99. The molecule has 0 aliphatic carbocycles. The number of alkyl halides is 3. The highest BCUT2D eigenvalue weighted by molar-refractivity contribution is 5.51. The number of anilines is 1. The predicted molar refractivity (Wildman–Crippen MR) is 69.9 cm³/mol. The van der Waals surface area contributed by atoms with Crippen LogP contribution in [0.25, 0.3) is 0 Å². The van der Waals surface area contributed by atoms with E-state index in [-0.39, 0.29) is 12.1 Å². The monoisotopic (exact) mass is 283 g/mol. The molecule has 0 atom stereocenters. The fourth-order valence-corrected chi connectivity index (χ4v) is 1.93. The van der Waals surface area contributed by atoms with Gasteiger partial charge in [-0.1, -0.05) is 24.3 Å². The molecule has 20 heavy (non-hydrogen) atoms. The standard InChI is InChI=1S/C15H13F4N/c1-10-6-7-12(16)8-14(10)20-9-11-4-2-3-5-13(11)15(17,18)19/h2-8,20H,9H2,1H3. The minimum absolute atomic E-state index is 0.0139. The number of halogens is 4. The molecular formula is C15H13F4N. The first kappa shape index (κ1) is 14.4. The zero-order valence-corrected chi connectivity index (χ0v) is 10.8. The van der Waals surface area contributed by atoms with Crippen LogP contribution in [0.4, 0.5) is 23.2 Å². The Bertz CT molecular complexity index is 605. The van der Waals surface area contributed by atoms with E-state index in [1.54, 1.807) is 19.1 Å². The molecule has 0 aliphatic rings. The molecule has 1 N–H and O–H groups in total. The van der Waals surface area contributed by atoms with Crippen molar-refractivity contribution < 1.29 is 17.6 Å². The highest BCUT2D eigenvalue weighted by atomic mass is 19.4. The zero-order valence-electron chi connectivity index (χ0n) is 10.8. The van der Waals surface area contributed by atoms with Crippen molar-refractivity contribution in [2.24, 2.45) is 0 Å². The lowest BCUT2D eigenvalue weighted by Gasteiger charge is -2.15. The van der Waals surface area contributed by atoms with Crippen LogP contribution in [0.15, 0.2) is 42.5 Å². The quantitative estimate of drug-likeness (QED) is 0.800. The maximum absolute atomic E-state index is 13.1. The van der Waals surface area contributed by atoms with Crippen molar-refractivity contribution in [3.8, 4) is 0 Å². The van der Waals surface area contributed by atoms with Gasteiger partial charge >= 0.3 is 6.18 Å². The Kier molecular flexibility index (Phi) is 3.97. The van der Waals surface area contributed by atoms with E-state index in [9.17, 15) is 17.6 Å². The molecule has 2 aromatic carbocycles. The molecule has 0 aliphatic heterocycles. The fraction of sp³-hybridized carbons (Fsp3) is 0.200. The summed E-state index contributed by atoms with van der Waals surface area (Å²) in [6.45, 7) is 1.75. The highest BCUT2D eigenvalue weighted by Crippen LogP contribution is 2.32. The Labute approximate surface area is 114 Å². The molecular weight excluding hydrogens is 270 g/mol. The smallest absolute Gasteiger partial charge is 0.381 e. The molecule has 0 spiro atoms. The maximum atomic E-state index is 13.1. The van der Waals surface area contributed by atoms with Gasteiger partial charge in [0.25, 0.3) is 0 Å². The van der Waals surface area contributed by atoms with Crippen LogP contribution < -0.4 is 5.32 Å². The number of rotatable bonds is 3. The average Bonchev–Trinajstić information content (AvgIpc) is 2.39. The first-order valence-corrected chi connectivity index (χ1v) is 6.03. The molecule has 0 saturated heterocycles. The number of nitrogens with one attached hydrogen (secondary N) is 1. The van der Waals surface area contributed by atoms with Crippen molar-refractivity contribution in [2.45, 2.75) is 19.6 Å². The summed E-state index contributed by atoms with van der Waals surface area (Å²) in [5, 5.41) is 2.84. The maximum Gasteiger partial charge on any atom is 0.416 e. The number of hydrogen-bond donors (Lipinski definition) is 1. The van der Waals surface area contributed by atoms with E-state index in [1.165, 1.54) is 24.3 Å². The topological polar surface area (TPSA) is 12.0 Å². The first-order chi connectivity index (χ1) is 9.38. The number of benzene rings is 2. The number of hydrogen-bond acceptors (Lipinski definition) is 1. The zero-order chi connectivity index (χ0) is 14.8. The van der Waals surface area contributed by atoms with Crippen LogP contribution in [0, 0.1) is 12.7 Å². The van der Waals surface area contributed by atoms with E-state index in [0.29, 0.717) is 5.69 Å². The van der Waals surface area contributed by atoms with E-state index in [4.69, 9.17) is 0 Å². The van der Waals surface area contributed by atoms with Crippen LogP contribution in [0.5, 0.6) is 0 Å². The van der Waals surface area contributed by atoms with Gasteiger partial charge in [0.05, 0.1) is 5.56 Å². The summed E-state index contributed by atoms with van der Waals surface area (Å²) in [7, 11) is 0. The van der Waals surface area contributed by atoms with Gasteiger partial charge in [0.2, 0.25) is 0 Å². The van der Waals surface area contributed by atoms with Crippen LogP contribution in [0.2, 0.25) is 0 Å². The first-order valence-electron chi connectivity index (χ1n) is 6.03. The Balaban J connectivity index is 2.21. The largest absolute Gasteiger partial charge is 0.416 e. The Morgan fingerprint density at radius 1 is 1.05 bits per heavy atom. The van der Waals surface area contributed by atoms with E-state index < -0.39 is 17.6 Å². The molecule has 0 unspecified atom stereocenters. The molecule has 0 fully saturated rings. The second-order valence-corrected chi connectivity index (χ2v) is 4.47. The minimum Gasteiger partial charge on any atom is -0.381 e. The van der Waals surface area contributed by atoms with Crippen LogP contribution in [0.1, 0.15) is 16.7 Å². The van der Waals surface area contributed by atoms with E-state index in [0.717, 1.165) is 11.6 Å². The molecule has 5 heteroatoms. The Morgan fingerprint density at radius 3 is 2.45 bits per heavy atom.